The first-order valence-corrected chi connectivity index (χ1v) is 8.70. The van der Waals surface area contributed by atoms with Crippen molar-refractivity contribution in [3.63, 3.8) is 0 Å². The summed E-state index contributed by atoms with van der Waals surface area (Å²) >= 11 is 0. The zero-order valence-corrected chi connectivity index (χ0v) is 13.5. The van der Waals surface area contributed by atoms with E-state index in [0.29, 0.717) is 19.0 Å². The van der Waals surface area contributed by atoms with E-state index >= 15 is 0 Å². The second-order valence-corrected chi connectivity index (χ2v) is 7.57. The minimum Gasteiger partial charge on any atom is -0.319 e. The minimum atomic E-state index is -3.30. The molecular weight excluding hydrogens is 262 g/mol. The molecule has 0 radical (unpaired) electrons. The molecule has 1 saturated heterocycles. The summed E-state index contributed by atoms with van der Waals surface area (Å²) in [7, 11) is 0.329. The van der Waals surface area contributed by atoms with Crippen molar-refractivity contribution in [3.8, 4) is 0 Å². The van der Waals surface area contributed by atoms with E-state index < -0.39 is 10.2 Å². The fraction of sp³-hybridized carbons (Fsp3) is 1.00. The molecule has 114 valence electrons. The average molecular weight is 291 g/mol. The van der Waals surface area contributed by atoms with Crippen LogP contribution in [0.1, 0.15) is 39.5 Å². The van der Waals surface area contributed by atoms with Crippen molar-refractivity contribution in [3.05, 3.63) is 0 Å². The van der Waals surface area contributed by atoms with E-state index in [2.05, 4.69) is 12.2 Å². The molecule has 2 unspecified atom stereocenters. The van der Waals surface area contributed by atoms with E-state index in [0.717, 1.165) is 32.2 Å². The van der Waals surface area contributed by atoms with Crippen LogP contribution >= 0.6 is 0 Å². The average Bonchev–Trinajstić information content (AvgIpc) is 2.39. The third-order valence-electron chi connectivity index (χ3n) is 3.99. The molecule has 0 aromatic heterocycles. The van der Waals surface area contributed by atoms with E-state index in [-0.39, 0.29) is 6.04 Å². The van der Waals surface area contributed by atoms with Crippen molar-refractivity contribution < 1.29 is 8.42 Å². The maximum atomic E-state index is 12.6. The lowest BCUT2D eigenvalue weighted by atomic mass is 10.00. The van der Waals surface area contributed by atoms with Gasteiger partial charge in [-0.3, -0.25) is 0 Å². The molecule has 1 N–H and O–H groups in total. The van der Waals surface area contributed by atoms with Crippen LogP contribution in [0, 0.1) is 5.92 Å². The molecule has 5 nitrogen and oxygen atoms in total. The number of rotatable bonds is 7. The van der Waals surface area contributed by atoms with Gasteiger partial charge in [-0.1, -0.05) is 13.3 Å². The summed E-state index contributed by atoms with van der Waals surface area (Å²) in [5.41, 5.74) is 0. The monoisotopic (exact) mass is 291 g/mol. The molecule has 0 saturated carbocycles. The molecule has 2 atom stereocenters. The molecule has 1 heterocycles. The summed E-state index contributed by atoms with van der Waals surface area (Å²) < 4.78 is 28.4. The standard InChI is InChI=1S/C13H29N3O2S/c1-5-7-12(2)15(4)19(17,18)16-9-6-8-13(11-16)10-14-3/h12-14H,5-11H2,1-4H3. The largest absolute Gasteiger partial charge is 0.319 e. The highest BCUT2D eigenvalue weighted by atomic mass is 32.2. The third-order valence-corrected chi connectivity index (χ3v) is 6.06. The molecule has 1 aliphatic heterocycles. The smallest absolute Gasteiger partial charge is 0.281 e. The maximum absolute atomic E-state index is 12.6. The molecule has 0 amide bonds. The van der Waals surface area contributed by atoms with Crippen LogP contribution in [0.4, 0.5) is 0 Å². The summed E-state index contributed by atoms with van der Waals surface area (Å²) in [6.45, 7) is 6.26. The fourth-order valence-corrected chi connectivity index (χ4v) is 4.38. The van der Waals surface area contributed by atoms with Gasteiger partial charge in [-0.15, -0.1) is 0 Å². The summed E-state index contributed by atoms with van der Waals surface area (Å²) in [4.78, 5) is 0. The van der Waals surface area contributed by atoms with Crippen molar-refractivity contribution in [2.75, 3.05) is 33.7 Å². The molecule has 19 heavy (non-hydrogen) atoms. The molecule has 0 aromatic rings. The Hall–Kier alpha value is -0.170. The van der Waals surface area contributed by atoms with Gasteiger partial charge >= 0.3 is 0 Å². The Balaban J connectivity index is 2.70. The lowest BCUT2D eigenvalue weighted by Gasteiger charge is -2.36. The molecule has 1 fully saturated rings. The van der Waals surface area contributed by atoms with Gasteiger partial charge in [0.25, 0.3) is 10.2 Å². The molecule has 0 bridgehead atoms. The first kappa shape index (κ1) is 16.9. The Morgan fingerprint density at radius 1 is 1.47 bits per heavy atom. The van der Waals surface area contributed by atoms with E-state index in [9.17, 15) is 8.42 Å². The molecule has 0 spiro atoms. The zero-order chi connectivity index (χ0) is 14.5. The highest BCUT2D eigenvalue weighted by Crippen LogP contribution is 2.22. The Kier molecular flexibility index (Phi) is 6.73. The van der Waals surface area contributed by atoms with Gasteiger partial charge in [-0.05, 0) is 45.7 Å². The summed E-state index contributed by atoms with van der Waals surface area (Å²) in [5, 5.41) is 3.15. The van der Waals surface area contributed by atoms with Crippen molar-refractivity contribution in [2.24, 2.45) is 5.92 Å². The molecule has 6 heteroatoms. The van der Waals surface area contributed by atoms with Crippen molar-refractivity contribution >= 4 is 10.2 Å². The zero-order valence-electron chi connectivity index (χ0n) is 12.7. The van der Waals surface area contributed by atoms with E-state index in [1.807, 2.05) is 14.0 Å². The van der Waals surface area contributed by atoms with Gasteiger partial charge in [-0.2, -0.15) is 17.0 Å². The number of nitrogens with one attached hydrogen (secondary N) is 1. The summed E-state index contributed by atoms with van der Waals surface area (Å²) in [6.07, 6.45) is 3.98. The quantitative estimate of drug-likeness (QED) is 0.769. The first-order chi connectivity index (χ1) is 8.93. The van der Waals surface area contributed by atoms with Gasteiger partial charge in [0.2, 0.25) is 0 Å². The SMILES string of the molecule is CCCC(C)N(C)S(=O)(=O)N1CCCC(CNC)C1. The Labute approximate surface area is 118 Å². The number of hydrogen-bond acceptors (Lipinski definition) is 3. The lowest BCUT2D eigenvalue weighted by molar-refractivity contribution is 0.239. The highest BCUT2D eigenvalue weighted by molar-refractivity contribution is 7.86. The molecule has 0 aromatic carbocycles. The van der Waals surface area contributed by atoms with Crippen molar-refractivity contribution in [1.29, 1.82) is 0 Å². The van der Waals surface area contributed by atoms with E-state index in [4.69, 9.17) is 0 Å². The van der Waals surface area contributed by atoms with Crippen LogP contribution in [-0.4, -0.2) is 56.8 Å². The van der Waals surface area contributed by atoms with E-state index in [1.54, 1.807) is 11.4 Å². The van der Waals surface area contributed by atoms with Crippen molar-refractivity contribution in [2.45, 2.75) is 45.6 Å². The molecule has 1 aliphatic rings. The normalized spacial score (nSPS) is 23.7. The van der Waals surface area contributed by atoms with Crippen LogP contribution in [0.25, 0.3) is 0 Å². The second kappa shape index (κ2) is 7.57. The van der Waals surface area contributed by atoms with Crippen LogP contribution < -0.4 is 5.32 Å². The molecular formula is C13H29N3O2S. The number of nitrogens with zero attached hydrogens (tertiary/aromatic N) is 2. The third kappa shape index (κ3) is 4.41. The maximum Gasteiger partial charge on any atom is 0.281 e. The number of piperidine rings is 1. The molecule has 1 rings (SSSR count). The lowest BCUT2D eigenvalue weighted by Crippen LogP contribution is -2.50. The number of hydrogen-bond donors (Lipinski definition) is 1. The molecule has 0 aliphatic carbocycles. The van der Waals surface area contributed by atoms with E-state index in [1.165, 1.54) is 4.31 Å². The van der Waals surface area contributed by atoms with Crippen LogP contribution in [-0.2, 0) is 10.2 Å². The first-order valence-electron chi connectivity index (χ1n) is 7.31. The fourth-order valence-electron chi connectivity index (χ4n) is 2.70. The van der Waals surface area contributed by atoms with Crippen molar-refractivity contribution in [1.82, 2.24) is 13.9 Å². The van der Waals surface area contributed by atoms with Crippen LogP contribution in [0.3, 0.4) is 0 Å². The van der Waals surface area contributed by atoms with Gasteiger partial charge in [0.15, 0.2) is 0 Å². The van der Waals surface area contributed by atoms with Gasteiger partial charge in [-0.25, -0.2) is 0 Å². The van der Waals surface area contributed by atoms with Crippen LogP contribution in [0.5, 0.6) is 0 Å². The minimum absolute atomic E-state index is 0.0691. The highest BCUT2D eigenvalue weighted by Gasteiger charge is 2.33. The summed E-state index contributed by atoms with van der Waals surface area (Å²) in [6, 6.07) is 0.0691. The summed E-state index contributed by atoms with van der Waals surface area (Å²) in [5.74, 6) is 0.434. The topological polar surface area (TPSA) is 52.7 Å². The van der Waals surface area contributed by atoms with Gasteiger partial charge < -0.3 is 5.32 Å². The van der Waals surface area contributed by atoms with Gasteiger partial charge in [0, 0.05) is 26.2 Å². The predicted octanol–water partition coefficient (Wildman–Crippen LogP) is 1.28. The van der Waals surface area contributed by atoms with Gasteiger partial charge in [0.05, 0.1) is 0 Å². The second-order valence-electron chi connectivity index (χ2n) is 5.59. The van der Waals surface area contributed by atoms with Gasteiger partial charge in [0.1, 0.15) is 0 Å². The Morgan fingerprint density at radius 3 is 2.74 bits per heavy atom. The van der Waals surface area contributed by atoms with Crippen LogP contribution in [0.15, 0.2) is 0 Å². The van der Waals surface area contributed by atoms with Crippen LogP contribution in [0.2, 0.25) is 0 Å². The Morgan fingerprint density at radius 2 is 2.16 bits per heavy atom. The predicted molar refractivity (Wildman–Crippen MR) is 79.3 cm³/mol. The Bertz CT molecular complexity index is 357.